The molecule has 0 spiro atoms. The second-order valence-corrected chi connectivity index (χ2v) is 6.37. The van der Waals surface area contributed by atoms with E-state index in [1.807, 2.05) is 28.3 Å². The van der Waals surface area contributed by atoms with Crippen molar-refractivity contribution < 1.29 is 10.2 Å². The normalized spacial score (nSPS) is 29.9. The monoisotopic (exact) mass is 310 g/mol. The average molecular weight is 310 g/mol. The van der Waals surface area contributed by atoms with Gasteiger partial charge < -0.3 is 14.8 Å². The molecule has 3 rings (SSSR count). The summed E-state index contributed by atoms with van der Waals surface area (Å²) in [5.74, 6) is -0.312. The van der Waals surface area contributed by atoms with E-state index in [-0.39, 0.29) is 18.6 Å². The molecule has 20 heavy (non-hydrogen) atoms. The van der Waals surface area contributed by atoms with E-state index in [0.29, 0.717) is 11.1 Å². The molecule has 0 aromatic carbocycles. The summed E-state index contributed by atoms with van der Waals surface area (Å²) in [5, 5.41) is 25.6. The van der Waals surface area contributed by atoms with E-state index in [9.17, 15) is 15.1 Å². The highest BCUT2D eigenvalue weighted by atomic mass is 32.1. The van der Waals surface area contributed by atoms with Crippen LogP contribution in [0.15, 0.2) is 28.9 Å². The second-order valence-electron chi connectivity index (χ2n) is 5.07. The first-order chi connectivity index (χ1) is 9.67. The van der Waals surface area contributed by atoms with Crippen LogP contribution in [0.25, 0.3) is 10.1 Å². The van der Waals surface area contributed by atoms with Gasteiger partial charge in [0.15, 0.2) is 0 Å². The zero-order valence-corrected chi connectivity index (χ0v) is 12.2. The van der Waals surface area contributed by atoms with E-state index in [1.165, 1.54) is 0 Å². The van der Waals surface area contributed by atoms with E-state index < -0.39 is 12.1 Å². The molecule has 1 aliphatic rings. The highest BCUT2D eigenvalue weighted by Crippen LogP contribution is 2.38. The van der Waals surface area contributed by atoms with Gasteiger partial charge in [-0.3, -0.25) is 0 Å². The van der Waals surface area contributed by atoms with Crippen LogP contribution >= 0.6 is 23.6 Å². The van der Waals surface area contributed by atoms with Crippen LogP contribution in [0.5, 0.6) is 0 Å². The number of aliphatic hydroxyl groups excluding tert-OH is 2. The van der Waals surface area contributed by atoms with Gasteiger partial charge >= 0.3 is 0 Å². The highest BCUT2D eigenvalue weighted by Gasteiger charge is 2.44. The number of rotatable bonds is 3. The lowest BCUT2D eigenvalue weighted by atomic mass is 10.1. The van der Waals surface area contributed by atoms with E-state index in [0.717, 1.165) is 10.1 Å². The van der Waals surface area contributed by atoms with Gasteiger partial charge in [0.05, 0.1) is 10.7 Å². The quantitative estimate of drug-likeness (QED) is 0.674. The van der Waals surface area contributed by atoms with Gasteiger partial charge in [0.2, 0.25) is 0 Å². The number of thiophene rings is 1. The molecule has 0 amide bonds. The van der Waals surface area contributed by atoms with E-state index in [4.69, 9.17) is 12.2 Å². The Morgan fingerprint density at radius 2 is 2.30 bits per heavy atom. The van der Waals surface area contributed by atoms with Gasteiger partial charge in [0.1, 0.15) is 16.8 Å². The predicted octanol–water partition coefficient (Wildman–Crippen LogP) is 2.48. The van der Waals surface area contributed by atoms with Crippen LogP contribution < -0.4 is 0 Å². The van der Waals surface area contributed by atoms with Gasteiger partial charge in [-0.25, -0.2) is 0 Å². The minimum absolute atomic E-state index is 0.154. The summed E-state index contributed by atoms with van der Waals surface area (Å²) in [5.41, 5.74) is 0. The van der Waals surface area contributed by atoms with Crippen LogP contribution in [-0.4, -0.2) is 33.5 Å². The SMILES string of the molecule is O=NC1C(CO)CC(n2ccc3ccsc3c2=S)C1O. The van der Waals surface area contributed by atoms with Crippen molar-refractivity contribution in [3.63, 3.8) is 0 Å². The molecule has 4 atom stereocenters. The lowest BCUT2D eigenvalue weighted by Gasteiger charge is -2.19. The molecule has 1 aliphatic carbocycles. The maximum Gasteiger partial charge on any atom is 0.125 e. The Bertz CT molecular complexity index is 696. The fourth-order valence-electron chi connectivity index (χ4n) is 2.94. The Morgan fingerprint density at radius 1 is 1.50 bits per heavy atom. The van der Waals surface area contributed by atoms with Gasteiger partial charge in [0.25, 0.3) is 0 Å². The van der Waals surface area contributed by atoms with Crippen molar-refractivity contribution >= 4 is 33.6 Å². The van der Waals surface area contributed by atoms with Crippen LogP contribution in [0.4, 0.5) is 0 Å². The Hall–Kier alpha value is -1.15. The summed E-state index contributed by atoms with van der Waals surface area (Å²) in [6, 6.07) is 2.86. The summed E-state index contributed by atoms with van der Waals surface area (Å²) in [6.07, 6.45) is 1.43. The minimum Gasteiger partial charge on any atom is -0.396 e. The molecule has 0 saturated heterocycles. The molecule has 2 heterocycles. The topological polar surface area (TPSA) is 74.8 Å². The molecule has 5 nitrogen and oxygen atoms in total. The van der Waals surface area contributed by atoms with E-state index in [2.05, 4.69) is 5.18 Å². The molecule has 0 bridgehead atoms. The zero-order valence-electron chi connectivity index (χ0n) is 10.5. The van der Waals surface area contributed by atoms with Gasteiger partial charge in [0, 0.05) is 18.7 Å². The maximum absolute atomic E-state index is 10.9. The van der Waals surface area contributed by atoms with Crippen molar-refractivity contribution in [3.8, 4) is 0 Å². The molecular formula is C13H14N2O3S2. The number of aliphatic hydroxyl groups is 2. The molecule has 2 aromatic rings. The van der Waals surface area contributed by atoms with Crippen molar-refractivity contribution in [3.05, 3.63) is 33.3 Å². The first-order valence-corrected chi connectivity index (χ1v) is 7.66. The summed E-state index contributed by atoms with van der Waals surface area (Å²) >= 11 is 7.04. The maximum atomic E-state index is 10.9. The van der Waals surface area contributed by atoms with Crippen LogP contribution in [0, 0.1) is 15.5 Å². The molecule has 4 unspecified atom stereocenters. The van der Waals surface area contributed by atoms with Gasteiger partial charge in [-0.2, -0.15) is 4.91 Å². The van der Waals surface area contributed by atoms with Gasteiger partial charge in [-0.15, -0.1) is 11.3 Å². The molecule has 2 N–H and O–H groups in total. The van der Waals surface area contributed by atoms with Crippen molar-refractivity contribution in [2.75, 3.05) is 6.61 Å². The Balaban J connectivity index is 2.05. The summed E-state index contributed by atoms with van der Waals surface area (Å²) in [6.45, 7) is -0.154. The van der Waals surface area contributed by atoms with Crippen LogP contribution in [0.3, 0.4) is 0 Å². The first-order valence-electron chi connectivity index (χ1n) is 6.37. The zero-order chi connectivity index (χ0) is 14.3. The standard InChI is InChI=1S/C13H14N2O3S2/c16-6-8-5-9(11(17)10(8)14-18)15-3-1-7-2-4-20-12(7)13(15)19/h1-4,8-11,16-17H,5-6H2. The highest BCUT2D eigenvalue weighted by molar-refractivity contribution is 7.71. The minimum atomic E-state index is -0.909. The predicted molar refractivity (Wildman–Crippen MR) is 80.5 cm³/mol. The molecule has 1 saturated carbocycles. The van der Waals surface area contributed by atoms with Crippen molar-refractivity contribution in [2.24, 2.45) is 11.1 Å². The molecule has 1 fully saturated rings. The van der Waals surface area contributed by atoms with E-state index in [1.54, 1.807) is 11.3 Å². The smallest absolute Gasteiger partial charge is 0.125 e. The average Bonchev–Trinajstić information content (AvgIpc) is 3.04. The number of aromatic nitrogens is 1. The fourth-order valence-corrected chi connectivity index (χ4v) is 4.22. The molecule has 7 heteroatoms. The molecule has 0 aliphatic heterocycles. The second kappa shape index (κ2) is 5.33. The number of nitroso groups, excluding NO2 is 1. The number of hydrogen-bond acceptors (Lipinski definition) is 6. The molecule has 2 aromatic heterocycles. The molecule has 106 valence electrons. The van der Waals surface area contributed by atoms with Gasteiger partial charge in [-0.1, -0.05) is 17.4 Å². The van der Waals surface area contributed by atoms with Crippen molar-refractivity contribution in [2.45, 2.75) is 24.6 Å². The van der Waals surface area contributed by atoms with Crippen LogP contribution in [0.2, 0.25) is 0 Å². The summed E-state index contributed by atoms with van der Waals surface area (Å²) in [4.78, 5) is 10.9. The van der Waals surface area contributed by atoms with Crippen LogP contribution in [-0.2, 0) is 0 Å². The Morgan fingerprint density at radius 3 is 2.95 bits per heavy atom. The third-order valence-corrected chi connectivity index (χ3v) is 5.51. The number of pyridine rings is 1. The first kappa shape index (κ1) is 13.8. The number of fused-ring (bicyclic) bond motifs is 1. The largest absolute Gasteiger partial charge is 0.396 e. The lowest BCUT2D eigenvalue weighted by Crippen LogP contribution is -2.29. The molecule has 0 radical (unpaired) electrons. The molecular weight excluding hydrogens is 296 g/mol. The van der Waals surface area contributed by atoms with Crippen LogP contribution in [0.1, 0.15) is 12.5 Å². The van der Waals surface area contributed by atoms with Crippen molar-refractivity contribution in [1.82, 2.24) is 4.57 Å². The number of hydrogen-bond donors (Lipinski definition) is 2. The lowest BCUT2D eigenvalue weighted by molar-refractivity contribution is 0.112. The summed E-state index contributed by atoms with van der Waals surface area (Å²) < 4.78 is 3.48. The summed E-state index contributed by atoms with van der Waals surface area (Å²) in [7, 11) is 0. The fraction of sp³-hybridized carbons (Fsp3) is 0.462. The number of nitrogens with zero attached hydrogens (tertiary/aromatic N) is 2. The Kier molecular flexibility index (Phi) is 3.68. The Labute approximate surface area is 124 Å². The van der Waals surface area contributed by atoms with E-state index >= 15 is 0 Å². The van der Waals surface area contributed by atoms with Crippen molar-refractivity contribution in [1.29, 1.82) is 0 Å². The third-order valence-electron chi connectivity index (χ3n) is 4.02. The third kappa shape index (κ3) is 2.01. The van der Waals surface area contributed by atoms with Gasteiger partial charge in [-0.05, 0) is 29.3 Å².